The number of hydrogen-bond donors (Lipinski definition) is 1. The van der Waals surface area contributed by atoms with Crippen molar-refractivity contribution in [3.8, 4) is 11.5 Å². The summed E-state index contributed by atoms with van der Waals surface area (Å²) < 4.78 is 6.08. The van der Waals surface area contributed by atoms with Gasteiger partial charge in [0.25, 0.3) is 0 Å². The summed E-state index contributed by atoms with van der Waals surface area (Å²) in [5.41, 5.74) is 3.42. The van der Waals surface area contributed by atoms with Crippen LogP contribution in [0, 0.1) is 0 Å². The van der Waals surface area contributed by atoms with E-state index < -0.39 is 0 Å². The lowest BCUT2D eigenvalue weighted by atomic mass is 9.87. The Labute approximate surface area is 120 Å². The van der Waals surface area contributed by atoms with Gasteiger partial charge < -0.3 is 9.84 Å². The third-order valence-corrected chi connectivity index (χ3v) is 4.03. The second-order valence-corrected chi connectivity index (χ2v) is 5.44. The van der Waals surface area contributed by atoms with Gasteiger partial charge in [-0.1, -0.05) is 49.7 Å². The smallest absolute Gasteiger partial charge is 0.130 e. The zero-order chi connectivity index (χ0) is 14.1. The average Bonchev–Trinajstić information content (AvgIpc) is 2.79. The predicted molar refractivity (Wildman–Crippen MR) is 80.5 cm³/mol. The minimum atomic E-state index is 0.102. The zero-order valence-electron chi connectivity index (χ0n) is 12.0. The molecule has 2 aromatic carbocycles. The van der Waals surface area contributed by atoms with E-state index in [4.69, 9.17) is 4.74 Å². The third kappa shape index (κ3) is 2.05. The van der Waals surface area contributed by atoms with Crippen LogP contribution in [0.1, 0.15) is 42.9 Å². The first-order valence-electron chi connectivity index (χ1n) is 7.28. The van der Waals surface area contributed by atoms with E-state index in [9.17, 15) is 5.11 Å². The molecule has 1 heterocycles. The van der Waals surface area contributed by atoms with Gasteiger partial charge in [0.1, 0.15) is 17.6 Å². The number of benzene rings is 2. The number of aromatic hydroxyl groups is 1. The Morgan fingerprint density at radius 1 is 1.10 bits per heavy atom. The fourth-order valence-corrected chi connectivity index (χ4v) is 3.13. The normalized spacial score (nSPS) is 20.5. The lowest BCUT2D eigenvalue weighted by molar-refractivity contribution is 0.236. The summed E-state index contributed by atoms with van der Waals surface area (Å²) in [6.45, 7) is 4.22. The van der Waals surface area contributed by atoms with Crippen molar-refractivity contribution in [2.45, 2.75) is 38.7 Å². The highest BCUT2D eigenvalue weighted by molar-refractivity contribution is 5.56. The molecule has 1 aliphatic heterocycles. The van der Waals surface area contributed by atoms with Gasteiger partial charge in [0.05, 0.1) is 0 Å². The Bertz CT molecular complexity index is 604. The lowest BCUT2D eigenvalue weighted by Gasteiger charge is -2.14. The summed E-state index contributed by atoms with van der Waals surface area (Å²) in [6.07, 6.45) is 1.95. The molecular formula is C18H20O2. The van der Waals surface area contributed by atoms with Crippen LogP contribution in [0.4, 0.5) is 0 Å². The maximum atomic E-state index is 10.1. The van der Waals surface area contributed by atoms with Crippen molar-refractivity contribution in [3.63, 3.8) is 0 Å². The molecule has 1 N–H and O–H groups in total. The van der Waals surface area contributed by atoms with E-state index >= 15 is 0 Å². The summed E-state index contributed by atoms with van der Waals surface area (Å²) in [5.74, 6) is 1.50. The van der Waals surface area contributed by atoms with Crippen LogP contribution >= 0.6 is 0 Å². The second kappa shape index (κ2) is 5.20. The van der Waals surface area contributed by atoms with Gasteiger partial charge in [-0.15, -0.1) is 0 Å². The topological polar surface area (TPSA) is 29.5 Å². The zero-order valence-corrected chi connectivity index (χ0v) is 12.0. The first kappa shape index (κ1) is 13.0. The Hall–Kier alpha value is -1.96. The van der Waals surface area contributed by atoms with Crippen molar-refractivity contribution >= 4 is 0 Å². The van der Waals surface area contributed by atoms with Crippen molar-refractivity contribution in [1.29, 1.82) is 0 Å². The summed E-state index contributed by atoms with van der Waals surface area (Å²) in [7, 11) is 0. The van der Waals surface area contributed by atoms with Gasteiger partial charge in [0.2, 0.25) is 0 Å². The molecule has 0 amide bonds. The maximum Gasteiger partial charge on any atom is 0.130 e. The number of fused-ring (bicyclic) bond motifs is 1. The van der Waals surface area contributed by atoms with Crippen LogP contribution in [0.2, 0.25) is 0 Å². The van der Waals surface area contributed by atoms with Gasteiger partial charge in [-0.2, -0.15) is 0 Å². The van der Waals surface area contributed by atoms with E-state index in [1.165, 1.54) is 11.1 Å². The predicted octanol–water partition coefficient (Wildman–Crippen LogP) is 4.26. The Kier molecular flexibility index (Phi) is 3.39. The molecule has 104 valence electrons. The summed E-state index contributed by atoms with van der Waals surface area (Å²) >= 11 is 0. The van der Waals surface area contributed by atoms with Gasteiger partial charge in [-0.3, -0.25) is 0 Å². The maximum absolute atomic E-state index is 10.1. The van der Waals surface area contributed by atoms with Crippen molar-refractivity contribution in [1.82, 2.24) is 0 Å². The molecule has 2 atom stereocenters. The van der Waals surface area contributed by atoms with Crippen molar-refractivity contribution in [2.75, 3.05) is 0 Å². The fraction of sp³-hybridized carbons (Fsp3) is 0.333. The molecule has 0 saturated carbocycles. The molecule has 0 aliphatic carbocycles. The summed E-state index contributed by atoms with van der Waals surface area (Å²) in [6, 6.07) is 14.3. The number of ether oxygens (including phenoxy) is 1. The van der Waals surface area contributed by atoms with Crippen molar-refractivity contribution in [3.05, 3.63) is 59.2 Å². The largest absolute Gasteiger partial charge is 0.508 e. The Morgan fingerprint density at radius 2 is 1.85 bits per heavy atom. The van der Waals surface area contributed by atoms with E-state index in [2.05, 4.69) is 38.1 Å². The molecule has 0 aromatic heterocycles. The minimum absolute atomic E-state index is 0.102. The Balaban J connectivity index is 2.10. The third-order valence-electron chi connectivity index (χ3n) is 4.03. The first-order chi connectivity index (χ1) is 9.72. The molecule has 2 unspecified atom stereocenters. The highest BCUT2D eigenvalue weighted by Gasteiger charge is 2.34. The van der Waals surface area contributed by atoms with E-state index in [0.717, 1.165) is 24.2 Å². The van der Waals surface area contributed by atoms with Crippen LogP contribution in [0.15, 0.2) is 42.5 Å². The van der Waals surface area contributed by atoms with Crippen molar-refractivity contribution < 1.29 is 9.84 Å². The number of hydrogen-bond acceptors (Lipinski definition) is 2. The quantitative estimate of drug-likeness (QED) is 0.901. The highest BCUT2D eigenvalue weighted by atomic mass is 16.5. The standard InChI is InChI=1S/C18H20O2/c1-3-7-14-16(19)11-10-15-17(12(2)20-18(14)15)13-8-5-4-6-9-13/h4-6,8-12,17,19H,3,7H2,1-2H3. The van der Waals surface area contributed by atoms with Crippen LogP contribution < -0.4 is 4.74 Å². The molecule has 3 rings (SSSR count). The van der Waals surface area contributed by atoms with E-state index in [-0.39, 0.29) is 12.0 Å². The molecule has 0 fully saturated rings. The molecule has 0 bridgehead atoms. The van der Waals surface area contributed by atoms with Crippen LogP contribution in [-0.2, 0) is 6.42 Å². The van der Waals surface area contributed by atoms with Crippen LogP contribution in [0.5, 0.6) is 11.5 Å². The second-order valence-electron chi connectivity index (χ2n) is 5.44. The van der Waals surface area contributed by atoms with Gasteiger partial charge >= 0.3 is 0 Å². The fourth-order valence-electron chi connectivity index (χ4n) is 3.13. The lowest BCUT2D eigenvalue weighted by Crippen LogP contribution is -2.15. The molecular weight excluding hydrogens is 248 g/mol. The molecule has 2 heteroatoms. The highest BCUT2D eigenvalue weighted by Crippen LogP contribution is 2.46. The van der Waals surface area contributed by atoms with Gasteiger partial charge in [-0.05, 0) is 25.0 Å². The molecule has 2 nitrogen and oxygen atoms in total. The van der Waals surface area contributed by atoms with E-state index in [0.29, 0.717) is 5.75 Å². The average molecular weight is 268 g/mol. The van der Waals surface area contributed by atoms with Gasteiger partial charge in [0, 0.05) is 17.0 Å². The minimum Gasteiger partial charge on any atom is -0.508 e. The van der Waals surface area contributed by atoms with E-state index in [1.807, 2.05) is 12.1 Å². The summed E-state index contributed by atoms with van der Waals surface area (Å²) in [5, 5.41) is 10.1. The molecule has 1 aliphatic rings. The SMILES string of the molecule is CCCc1c(O)ccc2c1OC(C)C2c1ccccc1. The van der Waals surface area contributed by atoms with Gasteiger partial charge in [-0.25, -0.2) is 0 Å². The number of rotatable bonds is 3. The monoisotopic (exact) mass is 268 g/mol. The summed E-state index contributed by atoms with van der Waals surface area (Å²) in [4.78, 5) is 0. The molecule has 0 saturated heterocycles. The number of phenolic OH excluding ortho intramolecular Hbond substituents is 1. The first-order valence-corrected chi connectivity index (χ1v) is 7.28. The van der Waals surface area contributed by atoms with Crippen LogP contribution in [0.3, 0.4) is 0 Å². The van der Waals surface area contributed by atoms with Crippen molar-refractivity contribution in [2.24, 2.45) is 0 Å². The number of phenols is 1. The van der Waals surface area contributed by atoms with Crippen LogP contribution in [0.25, 0.3) is 0 Å². The van der Waals surface area contributed by atoms with Crippen LogP contribution in [-0.4, -0.2) is 11.2 Å². The van der Waals surface area contributed by atoms with Gasteiger partial charge in [0.15, 0.2) is 0 Å². The molecule has 2 aromatic rings. The molecule has 0 radical (unpaired) electrons. The van der Waals surface area contributed by atoms with E-state index in [1.54, 1.807) is 6.07 Å². The molecule has 0 spiro atoms. The molecule has 20 heavy (non-hydrogen) atoms. The Morgan fingerprint density at radius 3 is 2.55 bits per heavy atom.